The van der Waals surface area contributed by atoms with Crippen LogP contribution in [0.5, 0.6) is 5.75 Å². The largest absolute Gasteiger partial charge is 0.492 e. The summed E-state index contributed by atoms with van der Waals surface area (Å²) in [4.78, 5) is 35.1. The molecule has 3 heterocycles. The van der Waals surface area contributed by atoms with Crippen LogP contribution in [0, 0.1) is 0 Å². The van der Waals surface area contributed by atoms with E-state index in [0.29, 0.717) is 12.6 Å². The second-order valence-electron chi connectivity index (χ2n) is 12.7. The summed E-state index contributed by atoms with van der Waals surface area (Å²) >= 11 is 0. The lowest BCUT2D eigenvalue weighted by Gasteiger charge is -2.39. The number of rotatable bonds is 6. The van der Waals surface area contributed by atoms with Crippen molar-refractivity contribution in [2.45, 2.75) is 90.1 Å². The molecule has 7 nitrogen and oxygen atoms in total. The SMILES string of the molecule is CC(=O)N1CCCCCCCCN(C2CCN(C(=O)c3ccc(OCCN4CCCCC4)cc3)CC2)Cc2ccccc21. The van der Waals surface area contributed by atoms with Gasteiger partial charge in [0.05, 0.1) is 0 Å². The van der Waals surface area contributed by atoms with Crippen LogP contribution in [0.15, 0.2) is 48.5 Å². The Morgan fingerprint density at radius 3 is 2.09 bits per heavy atom. The number of carbonyl (C=O) groups excluding carboxylic acids is 2. The number of nitrogens with zero attached hydrogens (tertiary/aromatic N) is 4. The molecule has 7 heteroatoms. The van der Waals surface area contributed by atoms with Gasteiger partial charge in [0, 0.05) is 56.9 Å². The minimum atomic E-state index is 0.116. The molecule has 0 atom stereocenters. The van der Waals surface area contributed by atoms with Crippen molar-refractivity contribution in [1.82, 2.24) is 14.7 Å². The molecule has 2 saturated heterocycles. The summed E-state index contributed by atoms with van der Waals surface area (Å²) in [6.45, 7) is 9.94. The Morgan fingerprint density at radius 2 is 1.37 bits per heavy atom. The highest BCUT2D eigenvalue weighted by Gasteiger charge is 2.28. The Hall–Kier alpha value is -2.90. The second-order valence-corrected chi connectivity index (χ2v) is 12.7. The second kappa shape index (κ2) is 16.2. The molecule has 2 amide bonds. The molecule has 0 N–H and O–H groups in total. The van der Waals surface area contributed by atoms with Crippen molar-refractivity contribution in [1.29, 1.82) is 0 Å². The monoisotopic (exact) mass is 588 g/mol. The Bertz CT molecular complexity index is 1160. The molecule has 2 aromatic rings. The lowest BCUT2D eigenvalue weighted by Crippen LogP contribution is -2.47. The molecule has 0 spiro atoms. The van der Waals surface area contributed by atoms with Gasteiger partial charge in [0.15, 0.2) is 0 Å². The molecule has 0 aliphatic carbocycles. The van der Waals surface area contributed by atoms with Crippen LogP contribution in [0.25, 0.3) is 0 Å². The fourth-order valence-corrected chi connectivity index (χ4v) is 7.04. The van der Waals surface area contributed by atoms with Crippen molar-refractivity contribution in [3.05, 3.63) is 59.7 Å². The third kappa shape index (κ3) is 9.05. The topological polar surface area (TPSA) is 56.3 Å². The maximum absolute atomic E-state index is 13.4. The molecule has 3 aliphatic heterocycles. The van der Waals surface area contributed by atoms with Gasteiger partial charge in [-0.1, -0.05) is 50.3 Å². The predicted octanol–water partition coefficient (Wildman–Crippen LogP) is 6.37. The van der Waals surface area contributed by atoms with Crippen LogP contribution in [-0.4, -0.2) is 85.0 Å². The Balaban J connectivity index is 1.17. The van der Waals surface area contributed by atoms with Crippen LogP contribution >= 0.6 is 0 Å². The molecule has 43 heavy (non-hydrogen) atoms. The summed E-state index contributed by atoms with van der Waals surface area (Å²) < 4.78 is 5.98. The maximum Gasteiger partial charge on any atom is 0.253 e. The zero-order valence-electron chi connectivity index (χ0n) is 26.4. The minimum absolute atomic E-state index is 0.116. The van der Waals surface area contributed by atoms with Crippen molar-refractivity contribution in [3.8, 4) is 5.75 Å². The van der Waals surface area contributed by atoms with E-state index in [-0.39, 0.29) is 11.8 Å². The summed E-state index contributed by atoms with van der Waals surface area (Å²) in [7, 11) is 0. The number of benzene rings is 2. The number of piperidine rings is 2. The van der Waals surface area contributed by atoms with Crippen molar-refractivity contribution in [2.24, 2.45) is 0 Å². The number of fused-ring (bicyclic) bond motifs is 1. The number of anilines is 1. The quantitative estimate of drug-likeness (QED) is 0.393. The highest BCUT2D eigenvalue weighted by Crippen LogP contribution is 2.28. The summed E-state index contributed by atoms with van der Waals surface area (Å²) in [5.74, 6) is 1.07. The molecule has 0 saturated carbocycles. The standard InChI is InChI=1S/C36H52N4O3/c1-30(41)40-24-12-5-3-2-4-11-23-39(29-32-13-7-8-14-35(32)40)33-19-25-38(26-20-33)36(42)31-15-17-34(18-16-31)43-28-27-37-21-9-6-10-22-37/h7-8,13-18,33H,2-6,9-12,19-29H2,1H3. The minimum Gasteiger partial charge on any atom is -0.492 e. The molecule has 2 fully saturated rings. The normalized spacial score (nSPS) is 20.4. The van der Waals surface area contributed by atoms with Gasteiger partial charge >= 0.3 is 0 Å². The number of para-hydroxylation sites is 1. The number of hydrogen-bond donors (Lipinski definition) is 0. The number of ether oxygens (including phenoxy) is 1. The zero-order chi connectivity index (χ0) is 29.9. The third-order valence-electron chi connectivity index (χ3n) is 9.61. The molecule has 234 valence electrons. The number of amides is 2. The predicted molar refractivity (Wildman–Crippen MR) is 174 cm³/mol. The van der Waals surface area contributed by atoms with E-state index in [4.69, 9.17) is 4.74 Å². The third-order valence-corrected chi connectivity index (χ3v) is 9.61. The summed E-state index contributed by atoms with van der Waals surface area (Å²) in [6.07, 6.45) is 13.1. The van der Waals surface area contributed by atoms with Crippen LogP contribution in [-0.2, 0) is 11.3 Å². The Kier molecular flexibility index (Phi) is 11.9. The van der Waals surface area contributed by atoms with E-state index in [1.54, 1.807) is 6.92 Å². The summed E-state index contributed by atoms with van der Waals surface area (Å²) in [5.41, 5.74) is 3.03. The smallest absolute Gasteiger partial charge is 0.253 e. The molecule has 0 aromatic heterocycles. The van der Waals surface area contributed by atoms with Crippen LogP contribution < -0.4 is 9.64 Å². The van der Waals surface area contributed by atoms with Crippen molar-refractivity contribution in [3.63, 3.8) is 0 Å². The first-order chi connectivity index (χ1) is 21.1. The molecular formula is C36H52N4O3. The number of likely N-dealkylation sites (tertiary alicyclic amines) is 2. The van der Waals surface area contributed by atoms with Gasteiger partial charge in [0.2, 0.25) is 5.91 Å². The summed E-state index contributed by atoms with van der Waals surface area (Å²) in [6, 6.07) is 16.6. The van der Waals surface area contributed by atoms with Gasteiger partial charge in [-0.05, 0) is 94.1 Å². The van der Waals surface area contributed by atoms with Crippen LogP contribution in [0.1, 0.15) is 93.5 Å². The molecule has 2 aromatic carbocycles. The number of carbonyl (C=O) groups is 2. The molecule has 0 radical (unpaired) electrons. The fraction of sp³-hybridized carbons (Fsp3) is 0.611. The average molecular weight is 589 g/mol. The van der Waals surface area contributed by atoms with E-state index in [1.165, 1.54) is 70.0 Å². The Morgan fingerprint density at radius 1 is 0.744 bits per heavy atom. The summed E-state index contributed by atoms with van der Waals surface area (Å²) in [5, 5.41) is 0. The van der Waals surface area contributed by atoms with Crippen LogP contribution in [0.2, 0.25) is 0 Å². The van der Waals surface area contributed by atoms with Gasteiger partial charge < -0.3 is 14.5 Å². The van der Waals surface area contributed by atoms with Crippen LogP contribution in [0.4, 0.5) is 5.69 Å². The zero-order valence-corrected chi connectivity index (χ0v) is 26.4. The first-order valence-corrected chi connectivity index (χ1v) is 16.9. The van der Waals surface area contributed by atoms with Crippen molar-refractivity contribution >= 4 is 17.5 Å². The van der Waals surface area contributed by atoms with Gasteiger partial charge in [-0.2, -0.15) is 0 Å². The molecular weight excluding hydrogens is 536 g/mol. The lowest BCUT2D eigenvalue weighted by atomic mass is 10.00. The average Bonchev–Trinajstić information content (AvgIpc) is 3.06. The van der Waals surface area contributed by atoms with Crippen molar-refractivity contribution in [2.75, 3.05) is 57.3 Å². The molecule has 3 aliphatic rings. The maximum atomic E-state index is 13.4. The number of hydrogen-bond acceptors (Lipinski definition) is 5. The van der Waals surface area contributed by atoms with E-state index in [9.17, 15) is 9.59 Å². The Labute approximate surface area is 259 Å². The van der Waals surface area contributed by atoms with E-state index < -0.39 is 0 Å². The molecule has 5 rings (SSSR count). The first kappa shape index (κ1) is 31.5. The molecule has 0 unspecified atom stereocenters. The van der Waals surface area contributed by atoms with E-state index in [1.807, 2.05) is 34.1 Å². The van der Waals surface area contributed by atoms with Gasteiger partial charge in [0.1, 0.15) is 12.4 Å². The lowest BCUT2D eigenvalue weighted by molar-refractivity contribution is -0.116. The van der Waals surface area contributed by atoms with E-state index >= 15 is 0 Å². The first-order valence-electron chi connectivity index (χ1n) is 16.9. The highest BCUT2D eigenvalue weighted by atomic mass is 16.5. The molecule has 0 bridgehead atoms. The fourth-order valence-electron chi connectivity index (χ4n) is 7.04. The van der Waals surface area contributed by atoms with Gasteiger partial charge in [-0.3, -0.25) is 19.4 Å². The van der Waals surface area contributed by atoms with Gasteiger partial charge in [0.25, 0.3) is 5.91 Å². The van der Waals surface area contributed by atoms with E-state index in [2.05, 4.69) is 34.1 Å². The van der Waals surface area contributed by atoms with Crippen LogP contribution in [0.3, 0.4) is 0 Å². The van der Waals surface area contributed by atoms with Gasteiger partial charge in [-0.25, -0.2) is 0 Å². The van der Waals surface area contributed by atoms with E-state index in [0.717, 1.165) is 75.5 Å². The highest BCUT2D eigenvalue weighted by molar-refractivity contribution is 5.94. The van der Waals surface area contributed by atoms with Gasteiger partial charge in [-0.15, -0.1) is 0 Å². The van der Waals surface area contributed by atoms with Crippen molar-refractivity contribution < 1.29 is 14.3 Å².